The van der Waals surface area contributed by atoms with E-state index in [0.717, 1.165) is 4.90 Å². The van der Waals surface area contributed by atoms with Gasteiger partial charge in [0.25, 0.3) is 11.8 Å². The summed E-state index contributed by atoms with van der Waals surface area (Å²) in [6.45, 7) is 0. The maximum Gasteiger partial charge on any atom is 0.335 e. The van der Waals surface area contributed by atoms with Gasteiger partial charge in [0.1, 0.15) is 5.57 Å². The van der Waals surface area contributed by atoms with Gasteiger partial charge in [0, 0.05) is 0 Å². The Bertz CT molecular complexity index is 1010. The van der Waals surface area contributed by atoms with Crippen LogP contribution < -0.4 is 15.0 Å². The second-order valence-electron chi connectivity index (χ2n) is 5.46. The van der Waals surface area contributed by atoms with E-state index in [1.54, 1.807) is 12.1 Å². The number of imide groups is 2. The van der Waals surface area contributed by atoms with Crippen molar-refractivity contribution in [3.05, 3.63) is 57.0 Å². The maximum absolute atomic E-state index is 12.8. The van der Waals surface area contributed by atoms with Gasteiger partial charge in [-0.05, 0) is 51.8 Å². The highest BCUT2D eigenvalue weighted by Crippen LogP contribution is 2.36. The molecule has 0 spiro atoms. The monoisotopic (exact) mass is 450 g/mol. The highest BCUT2D eigenvalue weighted by Gasteiger charge is 2.37. The number of ether oxygens (including phenoxy) is 1. The maximum atomic E-state index is 12.8. The van der Waals surface area contributed by atoms with Gasteiger partial charge in [0.05, 0.1) is 22.3 Å². The Morgan fingerprint density at radius 3 is 2.59 bits per heavy atom. The molecule has 0 unspecified atom stereocenters. The number of nitrogens with zero attached hydrogens (tertiary/aromatic N) is 1. The number of hydrogen-bond donors (Lipinski definition) is 2. The fourth-order valence-electron chi connectivity index (χ4n) is 2.51. The summed E-state index contributed by atoms with van der Waals surface area (Å²) in [4.78, 5) is 38.0. The molecule has 138 valence electrons. The predicted octanol–water partition coefficient (Wildman–Crippen LogP) is 3.48. The number of phenols is 1. The molecule has 0 aromatic heterocycles. The van der Waals surface area contributed by atoms with Crippen LogP contribution in [0.25, 0.3) is 6.08 Å². The topological polar surface area (TPSA) is 95.9 Å². The molecular formula is C18H12BrClN2O5. The van der Waals surface area contributed by atoms with Crippen molar-refractivity contribution in [1.82, 2.24) is 5.32 Å². The molecule has 27 heavy (non-hydrogen) atoms. The number of carbonyl (C=O) groups excluding carboxylic acids is 3. The molecule has 1 saturated heterocycles. The summed E-state index contributed by atoms with van der Waals surface area (Å²) in [5.41, 5.74) is 0.294. The van der Waals surface area contributed by atoms with E-state index in [1.165, 1.54) is 37.5 Å². The average Bonchev–Trinajstić information content (AvgIpc) is 2.62. The van der Waals surface area contributed by atoms with Crippen LogP contribution in [0.15, 0.2) is 46.4 Å². The Kier molecular flexibility index (Phi) is 5.20. The number of aromatic hydroxyl groups is 1. The van der Waals surface area contributed by atoms with Crippen LogP contribution in [0, 0.1) is 0 Å². The Labute approximate surface area is 167 Å². The summed E-state index contributed by atoms with van der Waals surface area (Å²) < 4.78 is 5.37. The van der Waals surface area contributed by atoms with Gasteiger partial charge in [-0.1, -0.05) is 23.7 Å². The zero-order valence-corrected chi connectivity index (χ0v) is 16.2. The first-order valence-electron chi connectivity index (χ1n) is 7.56. The van der Waals surface area contributed by atoms with Crippen molar-refractivity contribution in [2.45, 2.75) is 0 Å². The highest BCUT2D eigenvalue weighted by atomic mass is 79.9. The molecule has 9 heteroatoms. The standard InChI is InChI=1S/C18H12BrClN2O5/c1-27-14-8-9(7-11(19)15(14)23)6-10-16(24)21-18(26)22(17(10)25)13-5-3-2-4-12(13)20/h2-8,23H,1H3,(H,21,24,26)/b10-6+. The van der Waals surface area contributed by atoms with Crippen LogP contribution in [-0.4, -0.2) is 30.1 Å². The lowest BCUT2D eigenvalue weighted by Crippen LogP contribution is -2.54. The Morgan fingerprint density at radius 1 is 1.22 bits per heavy atom. The molecule has 1 fully saturated rings. The number of anilines is 1. The summed E-state index contributed by atoms with van der Waals surface area (Å²) in [5.74, 6) is -1.62. The lowest BCUT2D eigenvalue weighted by Gasteiger charge is -2.27. The van der Waals surface area contributed by atoms with Gasteiger partial charge >= 0.3 is 6.03 Å². The van der Waals surface area contributed by atoms with Crippen LogP contribution in [-0.2, 0) is 9.59 Å². The molecule has 4 amide bonds. The summed E-state index contributed by atoms with van der Waals surface area (Å²) in [6, 6.07) is 8.35. The van der Waals surface area contributed by atoms with E-state index >= 15 is 0 Å². The number of urea groups is 1. The molecule has 0 radical (unpaired) electrons. The Morgan fingerprint density at radius 2 is 1.93 bits per heavy atom. The first-order valence-corrected chi connectivity index (χ1v) is 8.73. The summed E-state index contributed by atoms with van der Waals surface area (Å²) >= 11 is 9.26. The smallest absolute Gasteiger partial charge is 0.335 e. The number of para-hydroxylation sites is 1. The fourth-order valence-corrected chi connectivity index (χ4v) is 3.19. The Hall–Kier alpha value is -2.84. The van der Waals surface area contributed by atoms with Crippen molar-refractivity contribution in [1.29, 1.82) is 0 Å². The van der Waals surface area contributed by atoms with Crippen LogP contribution in [0.3, 0.4) is 0 Å². The number of rotatable bonds is 3. The summed E-state index contributed by atoms with van der Waals surface area (Å²) in [6.07, 6.45) is 1.29. The van der Waals surface area contributed by atoms with E-state index in [-0.39, 0.29) is 27.8 Å². The molecular weight excluding hydrogens is 440 g/mol. The van der Waals surface area contributed by atoms with Crippen LogP contribution >= 0.6 is 27.5 Å². The third-order valence-corrected chi connectivity index (χ3v) is 4.70. The lowest BCUT2D eigenvalue weighted by atomic mass is 10.1. The molecule has 2 aromatic carbocycles. The first kappa shape index (κ1) is 18.9. The molecule has 0 bridgehead atoms. The molecule has 2 aromatic rings. The van der Waals surface area contributed by atoms with Gasteiger partial charge in [-0.25, -0.2) is 9.69 Å². The quantitative estimate of drug-likeness (QED) is 0.550. The predicted molar refractivity (Wildman–Crippen MR) is 103 cm³/mol. The highest BCUT2D eigenvalue weighted by molar-refractivity contribution is 9.10. The molecule has 1 aliphatic heterocycles. The van der Waals surface area contributed by atoms with Gasteiger partial charge in [-0.2, -0.15) is 0 Å². The lowest BCUT2D eigenvalue weighted by molar-refractivity contribution is -0.122. The number of methoxy groups -OCH3 is 1. The molecule has 7 nitrogen and oxygen atoms in total. The zero-order chi connectivity index (χ0) is 19.7. The van der Waals surface area contributed by atoms with Gasteiger partial charge in [0.2, 0.25) is 0 Å². The molecule has 0 atom stereocenters. The molecule has 2 N–H and O–H groups in total. The fraction of sp³-hybridized carbons (Fsp3) is 0.0556. The van der Waals surface area contributed by atoms with E-state index in [0.29, 0.717) is 10.0 Å². The van der Waals surface area contributed by atoms with Crippen LogP contribution in [0.2, 0.25) is 5.02 Å². The SMILES string of the molecule is COc1cc(/C=C2\C(=O)NC(=O)N(c3ccccc3Cl)C2=O)cc(Br)c1O. The van der Waals surface area contributed by atoms with Crippen molar-refractivity contribution in [3.63, 3.8) is 0 Å². The normalized spacial score (nSPS) is 15.9. The van der Waals surface area contributed by atoms with Crippen molar-refractivity contribution < 1.29 is 24.2 Å². The van der Waals surface area contributed by atoms with E-state index in [1.807, 2.05) is 0 Å². The third kappa shape index (κ3) is 3.54. The van der Waals surface area contributed by atoms with Gasteiger partial charge in [-0.15, -0.1) is 0 Å². The zero-order valence-electron chi connectivity index (χ0n) is 13.8. The number of barbiturate groups is 1. The van der Waals surface area contributed by atoms with E-state index in [2.05, 4.69) is 21.2 Å². The van der Waals surface area contributed by atoms with Crippen molar-refractivity contribution in [2.75, 3.05) is 12.0 Å². The first-order chi connectivity index (χ1) is 12.8. The minimum Gasteiger partial charge on any atom is -0.503 e. The van der Waals surface area contributed by atoms with Crippen molar-refractivity contribution in [3.8, 4) is 11.5 Å². The number of benzene rings is 2. The van der Waals surface area contributed by atoms with E-state index in [4.69, 9.17) is 16.3 Å². The number of phenolic OH excluding ortho intramolecular Hbond substituents is 1. The molecule has 0 saturated carbocycles. The average molecular weight is 452 g/mol. The number of amides is 4. The largest absolute Gasteiger partial charge is 0.503 e. The van der Waals surface area contributed by atoms with Crippen LogP contribution in [0.4, 0.5) is 10.5 Å². The molecule has 1 aliphatic rings. The van der Waals surface area contributed by atoms with Gasteiger partial charge < -0.3 is 9.84 Å². The van der Waals surface area contributed by atoms with Crippen LogP contribution in [0.1, 0.15) is 5.56 Å². The molecule has 1 heterocycles. The number of halogens is 2. The number of nitrogens with one attached hydrogen (secondary N) is 1. The van der Waals surface area contributed by atoms with E-state index in [9.17, 15) is 19.5 Å². The second kappa shape index (κ2) is 7.42. The van der Waals surface area contributed by atoms with E-state index < -0.39 is 17.8 Å². The second-order valence-corrected chi connectivity index (χ2v) is 6.72. The van der Waals surface area contributed by atoms with Gasteiger partial charge in [0.15, 0.2) is 11.5 Å². The summed E-state index contributed by atoms with van der Waals surface area (Å²) in [5, 5.41) is 12.2. The Balaban J connectivity index is 2.08. The van der Waals surface area contributed by atoms with Gasteiger partial charge in [-0.3, -0.25) is 14.9 Å². The number of hydrogen-bond acceptors (Lipinski definition) is 5. The third-order valence-electron chi connectivity index (χ3n) is 3.78. The minimum absolute atomic E-state index is 0.119. The molecule has 3 rings (SSSR count). The molecule has 0 aliphatic carbocycles. The van der Waals surface area contributed by atoms with Crippen molar-refractivity contribution >= 4 is 57.1 Å². The number of carbonyl (C=O) groups is 3. The summed E-state index contributed by atoms with van der Waals surface area (Å²) in [7, 11) is 1.37. The minimum atomic E-state index is -0.889. The van der Waals surface area contributed by atoms with Crippen molar-refractivity contribution in [2.24, 2.45) is 0 Å². The van der Waals surface area contributed by atoms with Crippen LogP contribution in [0.5, 0.6) is 11.5 Å².